The average Bonchev–Trinajstić information content (AvgIpc) is 2.60. The van der Waals surface area contributed by atoms with Crippen LogP contribution in [0.3, 0.4) is 0 Å². The van der Waals surface area contributed by atoms with Crippen molar-refractivity contribution in [3.05, 3.63) is 53.9 Å². The molecule has 0 radical (unpaired) electrons. The molecule has 3 rings (SSSR count). The maximum Gasteiger partial charge on any atom is 0.141 e. The molecule has 0 amide bonds. The van der Waals surface area contributed by atoms with Gasteiger partial charge in [0.15, 0.2) is 0 Å². The van der Waals surface area contributed by atoms with Crippen molar-refractivity contribution in [1.29, 1.82) is 0 Å². The van der Waals surface area contributed by atoms with Gasteiger partial charge >= 0.3 is 0 Å². The van der Waals surface area contributed by atoms with E-state index in [1.54, 1.807) is 6.33 Å². The van der Waals surface area contributed by atoms with Crippen molar-refractivity contribution in [3.63, 3.8) is 0 Å². The van der Waals surface area contributed by atoms with Crippen molar-refractivity contribution in [1.82, 2.24) is 9.97 Å². The average molecular weight is 317 g/mol. The minimum absolute atomic E-state index is 0.688. The topological polar surface area (TPSA) is 47.0 Å². The predicted octanol–water partition coefficient (Wildman–Crippen LogP) is 4.45. The Morgan fingerprint density at radius 1 is 1.21 bits per heavy atom. The van der Waals surface area contributed by atoms with E-state index in [1.807, 2.05) is 43.3 Å². The van der Waals surface area contributed by atoms with Gasteiger partial charge in [-0.2, -0.15) is 0 Å². The Hall–Kier alpha value is -3.06. The van der Waals surface area contributed by atoms with Crippen LogP contribution in [0.5, 0.6) is 5.75 Å². The summed E-state index contributed by atoms with van der Waals surface area (Å²) in [6.07, 6.45) is 7.99. The highest BCUT2D eigenvalue weighted by molar-refractivity contribution is 5.92. The fraction of sp³-hybridized carbons (Fsp3) is 0.200. The van der Waals surface area contributed by atoms with Crippen LogP contribution in [0.4, 0.5) is 11.5 Å². The quantitative estimate of drug-likeness (QED) is 0.706. The number of nitrogens with one attached hydrogen (secondary N) is 1. The zero-order valence-electron chi connectivity index (χ0n) is 13.8. The van der Waals surface area contributed by atoms with E-state index in [0.717, 1.165) is 45.7 Å². The van der Waals surface area contributed by atoms with E-state index in [2.05, 4.69) is 28.1 Å². The van der Waals surface area contributed by atoms with Crippen molar-refractivity contribution in [2.75, 3.05) is 11.9 Å². The molecule has 1 N–H and O–H groups in total. The number of rotatable bonds is 5. The molecule has 120 valence electrons. The van der Waals surface area contributed by atoms with Crippen molar-refractivity contribution in [3.8, 4) is 18.1 Å². The second-order valence-corrected chi connectivity index (χ2v) is 5.56. The van der Waals surface area contributed by atoms with Crippen LogP contribution in [0.1, 0.15) is 24.5 Å². The summed E-state index contributed by atoms with van der Waals surface area (Å²) >= 11 is 0. The molecule has 0 fully saturated rings. The molecule has 4 heteroatoms. The Morgan fingerprint density at radius 2 is 2.08 bits per heavy atom. The molecule has 0 bridgehead atoms. The van der Waals surface area contributed by atoms with Gasteiger partial charge in [0.1, 0.15) is 17.9 Å². The number of hydrogen-bond acceptors (Lipinski definition) is 4. The number of ether oxygens (including phenoxy) is 1. The summed E-state index contributed by atoms with van der Waals surface area (Å²) in [6.45, 7) is 4.80. The van der Waals surface area contributed by atoms with E-state index in [0.29, 0.717) is 6.61 Å². The molecule has 1 aromatic heterocycles. The van der Waals surface area contributed by atoms with Crippen molar-refractivity contribution >= 4 is 22.4 Å². The van der Waals surface area contributed by atoms with Gasteiger partial charge in [0.2, 0.25) is 0 Å². The number of terminal acetylenes is 1. The standard InChI is InChI=1S/C20H19N3O/c1-4-9-24-19-12-17-18(10-14(19)3)21-13-22-20(17)23-16-8-6-7-15(5-2)11-16/h2,6-8,10-13H,4,9H2,1,3H3,(H,21,22,23). The van der Waals surface area contributed by atoms with Crippen LogP contribution >= 0.6 is 0 Å². The maximum absolute atomic E-state index is 5.83. The van der Waals surface area contributed by atoms with Crippen LogP contribution in [0.25, 0.3) is 10.9 Å². The maximum atomic E-state index is 5.83. The Morgan fingerprint density at radius 3 is 2.88 bits per heavy atom. The summed E-state index contributed by atoms with van der Waals surface area (Å²) in [5, 5.41) is 4.24. The SMILES string of the molecule is C#Cc1cccc(Nc2ncnc3cc(C)c(OCCC)cc23)c1. The molecule has 1 heterocycles. The first-order valence-corrected chi connectivity index (χ1v) is 7.93. The molecule has 0 saturated carbocycles. The number of nitrogens with zero attached hydrogens (tertiary/aromatic N) is 2. The molecule has 3 aromatic rings. The first-order valence-electron chi connectivity index (χ1n) is 7.93. The lowest BCUT2D eigenvalue weighted by atomic mass is 10.1. The molecule has 0 aliphatic heterocycles. The number of aromatic nitrogens is 2. The largest absolute Gasteiger partial charge is 0.493 e. The summed E-state index contributed by atoms with van der Waals surface area (Å²) in [4.78, 5) is 8.74. The van der Waals surface area contributed by atoms with E-state index >= 15 is 0 Å². The van der Waals surface area contributed by atoms with Gasteiger partial charge in [-0.3, -0.25) is 0 Å². The van der Waals surface area contributed by atoms with Crippen molar-refractivity contribution in [2.24, 2.45) is 0 Å². The number of fused-ring (bicyclic) bond motifs is 1. The fourth-order valence-corrected chi connectivity index (χ4v) is 2.48. The Bertz CT molecular complexity index is 912. The minimum atomic E-state index is 0.688. The summed E-state index contributed by atoms with van der Waals surface area (Å²) in [6, 6.07) is 11.7. The van der Waals surface area contributed by atoms with E-state index in [1.165, 1.54) is 0 Å². The lowest BCUT2D eigenvalue weighted by molar-refractivity contribution is 0.316. The van der Waals surface area contributed by atoms with Crippen LogP contribution in [0, 0.1) is 19.3 Å². The third kappa shape index (κ3) is 3.31. The van der Waals surface area contributed by atoms with Gasteiger partial charge < -0.3 is 10.1 Å². The molecule has 4 nitrogen and oxygen atoms in total. The molecule has 0 atom stereocenters. The lowest BCUT2D eigenvalue weighted by Crippen LogP contribution is -2.00. The Kier molecular flexibility index (Phi) is 4.62. The molecule has 0 saturated heterocycles. The number of hydrogen-bond donors (Lipinski definition) is 1. The highest BCUT2D eigenvalue weighted by Gasteiger charge is 2.09. The van der Waals surface area contributed by atoms with Crippen molar-refractivity contribution in [2.45, 2.75) is 20.3 Å². The first-order chi connectivity index (χ1) is 11.7. The molecule has 0 aliphatic carbocycles. The molecular weight excluding hydrogens is 298 g/mol. The second-order valence-electron chi connectivity index (χ2n) is 5.56. The number of anilines is 2. The smallest absolute Gasteiger partial charge is 0.141 e. The molecule has 0 spiro atoms. The van der Waals surface area contributed by atoms with E-state index in [4.69, 9.17) is 11.2 Å². The summed E-state index contributed by atoms with van der Waals surface area (Å²) < 4.78 is 5.83. The fourth-order valence-electron chi connectivity index (χ4n) is 2.48. The third-order valence-electron chi connectivity index (χ3n) is 3.69. The monoisotopic (exact) mass is 317 g/mol. The van der Waals surface area contributed by atoms with Gasteiger partial charge in [0.05, 0.1) is 12.1 Å². The van der Waals surface area contributed by atoms with E-state index in [9.17, 15) is 0 Å². The highest BCUT2D eigenvalue weighted by Crippen LogP contribution is 2.29. The Balaban J connectivity index is 2.02. The zero-order valence-corrected chi connectivity index (χ0v) is 13.8. The van der Waals surface area contributed by atoms with Crippen molar-refractivity contribution < 1.29 is 4.74 Å². The van der Waals surface area contributed by atoms with E-state index < -0.39 is 0 Å². The van der Waals surface area contributed by atoms with Crippen LogP contribution in [0.2, 0.25) is 0 Å². The van der Waals surface area contributed by atoms with Gasteiger partial charge in [0.25, 0.3) is 0 Å². The van der Waals surface area contributed by atoms with Crippen LogP contribution < -0.4 is 10.1 Å². The lowest BCUT2D eigenvalue weighted by Gasteiger charge is -2.12. The normalized spacial score (nSPS) is 10.4. The molecular formula is C20H19N3O. The first kappa shape index (κ1) is 15.8. The van der Waals surface area contributed by atoms with Crippen LogP contribution in [0.15, 0.2) is 42.7 Å². The summed E-state index contributed by atoms with van der Waals surface area (Å²) in [5.74, 6) is 4.23. The molecule has 2 aromatic carbocycles. The van der Waals surface area contributed by atoms with Crippen LogP contribution in [-0.2, 0) is 0 Å². The van der Waals surface area contributed by atoms with Gasteiger partial charge in [0, 0.05) is 16.6 Å². The van der Waals surface area contributed by atoms with Gasteiger partial charge in [-0.15, -0.1) is 6.42 Å². The second kappa shape index (κ2) is 7.01. The number of benzene rings is 2. The van der Waals surface area contributed by atoms with Gasteiger partial charge in [-0.05, 0) is 49.2 Å². The predicted molar refractivity (Wildman–Crippen MR) is 97.7 cm³/mol. The van der Waals surface area contributed by atoms with Gasteiger partial charge in [-0.25, -0.2) is 9.97 Å². The zero-order chi connectivity index (χ0) is 16.9. The Labute approximate surface area is 141 Å². The number of aryl methyl sites for hydroxylation is 1. The van der Waals surface area contributed by atoms with Crippen LogP contribution in [-0.4, -0.2) is 16.6 Å². The summed E-state index contributed by atoms with van der Waals surface area (Å²) in [7, 11) is 0. The third-order valence-corrected chi connectivity index (χ3v) is 3.69. The molecule has 0 aliphatic rings. The summed E-state index contributed by atoms with van der Waals surface area (Å²) in [5.41, 5.74) is 3.65. The minimum Gasteiger partial charge on any atom is -0.493 e. The molecule has 0 unspecified atom stereocenters. The van der Waals surface area contributed by atoms with E-state index in [-0.39, 0.29) is 0 Å². The highest BCUT2D eigenvalue weighted by atomic mass is 16.5. The molecule has 24 heavy (non-hydrogen) atoms. The van der Waals surface area contributed by atoms with Gasteiger partial charge in [-0.1, -0.05) is 18.9 Å².